The van der Waals surface area contributed by atoms with Gasteiger partial charge >= 0.3 is 0 Å². The van der Waals surface area contributed by atoms with Crippen LogP contribution in [0.5, 0.6) is 11.5 Å². The van der Waals surface area contributed by atoms with Gasteiger partial charge in [0.1, 0.15) is 5.01 Å². The molecule has 0 saturated carbocycles. The van der Waals surface area contributed by atoms with Crippen LogP contribution >= 0.6 is 22.7 Å². The first-order valence-electron chi connectivity index (χ1n) is 5.89. The number of rotatable bonds is 4. The quantitative estimate of drug-likeness (QED) is 0.732. The Bertz CT molecular complexity index is 707. The molecule has 0 amide bonds. The largest absolute Gasteiger partial charge is 0.493 e. The van der Waals surface area contributed by atoms with Crippen molar-refractivity contribution in [2.75, 3.05) is 14.2 Å². The van der Waals surface area contributed by atoms with Gasteiger partial charge in [0.05, 0.1) is 29.9 Å². The lowest BCUT2D eigenvalue weighted by Gasteiger charge is -2.05. The molecule has 0 bridgehead atoms. The normalized spacial score (nSPS) is 11.3. The third kappa shape index (κ3) is 2.52. The zero-order valence-corrected chi connectivity index (χ0v) is 12.6. The maximum atomic E-state index is 5.30. The topological polar surface area (TPSA) is 44.2 Å². The summed E-state index contributed by atoms with van der Waals surface area (Å²) in [4.78, 5) is 9.73. The molecule has 0 fully saturated rings. The molecule has 102 valence electrons. The van der Waals surface area contributed by atoms with Gasteiger partial charge in [0.25, 0.3) is 0 Å². The SMILES string of the molecule is COc1cc2nc(C=Cc3cncs3)sc2cc1OC. The van der Waals surface area contributed by atoms with Gasteiger partial charge in [-0.05, 0) is 12.2 Å². The van der Waals surface area contributed by atoms with Gasteiger partial charge in [-0.2, -0.15) is 0 Å². The summed E-state index contributed by atoms with van der Waals surface area (Å²) in [5, 5.41) is 0.948. The van der Waals surface area contributed by atoms with Crippen molar-refractivity contribution in [1.82, 2.24) is 9.97 Å². The van der Waals surface area contributed by atoms with Crippen LogP contribution in [0.4, 0.5) is 0 Å². The first-order valence-corrected chi connectivity index (χ1v) is 7.59. The Morgan fingerprint density at radius 1 is 1.10 bits per heavy atom. The van der Waals surface area contributed by atoms with Crippen LogP contribution in [0.25, 0.3) is 22.4 Å². The second-order valence-corrected chi connectivity index (χ2v) is 5.94. The van der Waals surface area contributed by atoms with Crippen molar-refractivity contribution in [1.29, 1.82) is 0 Å². The monoisotopic (exact) mass is 304 g/mol. The van der Waals surface area contributed by atoms with Crippen LogP contribution in [0.1, 0.15) is 9.88 Å². The van der Waals surface area contributed by atoms with E-state index in [0.29, 0.717) is 5.75 Å². The molecule has 2 heterocycles. The Balaban J connectivity index is 1.98. The van der Waals surface area contributed by atoms with Crippen LogP contribution in [0.3, 0.4) is 0 Å². The van der Waals surface area contributed by atoms with Crippen molar-refractivity contribution >= 4 is 45.0 Å². The molecule has 3 rings (SSSR count). The Kier molecular flexibility index (Phi) is 3.66. The molecule has 0 radical (unpaired) electrons. The fraction of sp³-hybridized carbons (Fsp3) is 0.143. The van der Waals surface area contributed by atoms with Crippen molar-refractivity contribution in [3.8, 4) is 11.5 Å². The van der Waals surface area contributed by atoms with E-state index in [1.165, 1.54) is 0 Å². The average Bonchev–Trinajstić information content (AvgIpc) is 3.11. The number of methoxy groups -OCH3 is 2. The highest BCUT2D eigenvalue weighted by Gasteiger charge is 2.09. The van der Waals surface area contributed by atoms with E-state index in [0.717, 1.165) is 25.9 Å². The Morgan fingerprint density at radius 2 is 1.90 bits per heavy atom. The smallest absolute Gasteiger partial charge is 0.162 e. The second kappa shape index (κ2) is 5.60. The van der Waals surface area contributed by atoms with Gasteiger partial charge in [0.2, 0.25) is 0 Å². The molecular formula is C14H12N2O2S2. The molecule has 0 atom stereocenters. The minimum absolute atomic E-state index is 0.697. The van der Waals surface area contributed by atoms with Gasteiger partial charge in [0, 0.05) is 23.2 Å². The van der Waals surface area contributed by atoms with E-state index >= 15 is 0 Å². The van der Waals surface area contributed by atoms with Gasteiger partial charge in [-0.3, -0.25) is 4.98 Å². The lowest BCUT2D eigenvalue weighted by Crippen LogP contribution is -1.89. The summed E-state index contributed by atoms with van der Waals surface area (Å²) in [6, 6.07) is 3.85. The average molecular weight is 304 g/mol. The summed E-state index contributed by atoms with van der Waals surface area (Å²) in [7, 11) is 3.26. The van der Waals surface area contributed by atoms with Crippen molar-refractivity contribution < 1.29 is 9.47 Å². The van der Waals surface area contributed by atoms with Crippen LogP contribution in [-0.2, 0) is 0 Å². The van der Waals surface area contributed by atoms with Crippen molar-refractivity contribution in [2.45, 2.75) is 0 Å². The van der Waals surface area contributed by atoms with Gasteiger partial charge in [-0.15, -0.1) is 22.7 Å². The summed E-state index contributed by atoms with van der Waals surface area (Å²) < 4.78 is 11.7. The highest BCUT2D eigenvalue weighted by atomic mass is 32.1. The molecule has 0 spiro atoms. The third-order valence-corrected chi connectivity index (χ3v) is 4.48. The standard InChI is InChI=1S/C14H12N2O2S2/c1-17-11-5-10-13(6-12(11)18-2)20-14(16-10)4-3-9-7-15-8-19-9/h3-8H,1-2H3. The van der Waals surface area contributed by atoms with Crippen molar-refractivity contribution in [3.63, 3.8) is 0 Å². The number of thiazole rings is 2. The highest BCUT2D eigenvalue weighted by molar-refractivity contribution is 7.19. The highest BCUT2D eigenvalue weighted by Crippen LogP contribution is 2.35. The van der Waals surface area contributed by atoms with Crippen LogP contribution in [0, 0.1) is 0 Å². The van der Waals surface area contributed by atoms with E-state index in [2.05, 4.69) is 9.97 Å². The molecule has 0 unspecified atom stereocenters. The number of benzene rings is 1. The molecule has 0 aliphatic heterocycles. The molecule has 2 aromatic heterocycles. The lowest BCUT2D eigenvalue weighted by molar-refractivity contribution is 0.356. The third-order valence-electron chi connectivity index (χ3n) is 2.75. The molecule has 3 aromatic rings. The minimum atomic E-state index is 0.697. The molecule has 0 aliphatic carbocycles. The van der Waals surface area contributed by atoms with Gasteiger partial charge in [-0.1, -0.05) is 0 Å². The Hall–Kier alpha value is -1.92. The molecule has 6 heteroatoms. The summed E-state index contributed by atoms with van der Waals surface area (Å²) in [6.07, 6.45) is 5.85. The molecule has 20 heavy (non-hydrogen) atoms. The summed E-state index contributed by atoms with van der Waals surface area (Å²) in [5.74, 6) is 1.42. The van der Waals surface area contributed by atoms with Crippen LogP contribution in [-0.4, -0.2) is 24.2 Å². The zero-order valence-electron chi connectivity index (χ0n) is 11.0. The van der Waals surface area contributed by atoms with E-state index in [1.807, 2.05) is 36.0 Å². The number of fused-ring (bicyclic) bond motifs is 1. The molecule has 0 N–H and O–H groups in total. The molecule has 0 aliphatic rings. The molecule has 0 saturated heterocycles. The van der Waals surface area contributed by atoms with E-state index in [4.69, 9.17) is 9.47 Å². The first kappa shape index (κ1) is 13.1. The fourth-order valence-corrected chi connectivity index (χ4v) is 3.20. The fourth-order valence-electron chi connectivity index (χ4n) is 1.81. The van der Waals surface area contributed by atoms with E-state index < -0.39 is 0 Å². The van der Waals surface area contributed by atoms with Crippen LogP contribution < -0.4 is 9.47 Å². The molecule has 1 aromatic carbocycles. The van der Waals surface area contributed by atoms with E-state index in [9.17, 15) is 0 Å². The second-order valence-electron chi connectivity index (χ2n) is 3.96. The molecular weight excluding hydrogens is 292 g/mol. The minimum Gasteiger partial charge on any atom is -0.493 e. The number of hydrogen-bond acceptors (Lipinski definition) is 6. The first-order chi connectivity index (χ1) is 9.80. The van der Waals surface area contributed by atoms with Gasteiger partial charge in [-0.25, -0.2) is 4.98 Å². The van der Waals surface area contributed by atoms with Crippen molar-refractivity contribution in [3.05, 3.63) is 33.7 Å². The van der Waals surface area contributed by atoms with Crippen LogP contribution in [0.2, 0.25) is 0 Å². The maximum absolute atomic E-state index is 5.30. The zero-order chi connectivity index (χ0) is 13.9. The summed E-state index contributed by atoms with van der Waals surface area (Å²) in [5.41, 5.74) is 2.73. The Morgan fingerprint density at radius 3 is 2.60 bits per heavy atom. The predicted octanol–water partition coefficient (Wildman–Crippen LogP) is 3.94. The number of nitrogens with zero attached hydrogens (tertiary/aromatic N) is 2. The Labute approximate surface area is 124 Å². The number of hydrogen-bond donors (Lipinski definition) is 0. The van der Waals surface area contributed by atoms with Crippen molar-refractivity contribution in [2.24, 2.45) is 0 Å². The maximum Gasteiger partial charge on any atom is 0.162 e. The number of aromatic nitrogens is 2. The van der Waals surface area contributed by atoms with Gasteiger partial charge in [0.15, 0.2) is 11.5 Å². The summed E-state index contributed by atoms with van der Waals surface area (Å²) >= 11 is 3.22. The van der Waals surface area contributed by atoms with Gasteiger partial charge < -0.3 is 9.47 Å². The van der Waals surface area contributed by atoms with E-state index in [-0.39, 0.29) is 0 Å². The lowest BCUT2D eigenvalue weighted by atomic mass is 10.3. The number of ether oxygens (including phenoxy) is 2. The van der Waals surface area contributed by atoms with Crippen LogP contribution in [0.15, 0.2) is 23.8 Å². The molecule has 4 nitrogen and oxygen atoms in total. The summed E-state index contributed by atoms with van der Waals surface area (Å²) in [6.45, 7) is 0. The van der Waals surface area contributed by atoms with E-state index in [1.54, 1.807) is 36.9 Å². The predicted molar refractivity (Wildman–Crippen MR) is 83.8 cm³/mol.